The summed E-state index contributed by atoms with van der Waals surface area (Å²) in [5.74, 6) is 1.00. The zero-order valence-electron chi connectivity index (χ0n) is 17.0. The summed E-state index contributed by atoms with van der Waals surface area (Å²) in [5.41, 5.74) is 0.0250. The van der Waals surface area contributed by atoms with Crippen molar-refractivity contribution in [2.24, 2.45) is 5.92 Å². The van der Waals surface area contributed by atoms with Gasteiger partial charge in [-0.2, -0.15) is 0 Å². The Hall–Kier alpha value is -2.80. The molecule has 3 rings (SSSR count). The fraction of sp³-hybridized carbons (Fsp3) is 0.304. The minimum absolute atomic E-state index is 0.0742. The molecular formula is C23H23BrO6. The highest BCUT2D eigenvalue weighted by molar-refractivity contribution is 9.10. The molecule has 1 unspecified atom stereocenters. The predicted octanol–water partition coefficient (Wildman–Crippen LogP) is 5.70. The third kappa shape index (κ3) is 5.42. The van der Waals surface area contributed by atoms with Crippen LogP contribution in [0, 0.1) is 5.92 Å². The third-order valence-corrected chi connectivity index (χ3v) is 5.01. The number of rotatable bonds is 8. The van der Waals surface area contributed by atoms with Crippen molar-refractivity contribution in [3.05, 3.63) is 63.4 Å². The summed E-state index contributed by atoms with van der Waals surface area (Å²) in [4.78, 5) is 24.8. The molecule has 1 heterocycles. The maximum Gasteiger partial charge on any atom is 0.347 e. The lowest BCUT2D eigenvalue weighted by Gasteiger charge is -2.15. The molecule has 6 nitrogen and oxygen atoms in total. The standard InChI is InChI=1S/C23H23BrO6/c1-14(2)10-11-27-23(26)15(3)29-16-8-9-17-20(12-16)28-13-21(22(17)25)30-19-7-5-4-6-18(19)24/h4-9,12-15H,10-11H2,1-3H3. The van der Waals surface area contributed by atoms with Gasteiger partial charge in [-0.1, -0.05) is 26.0 Å². The largest absolute Gasteiger partial charge is 0.479 e. The maximum atomic E-state index is 12.7. The summed E-state index contributed by atoms with van der Waals surface area (Å²) in [5, 5.41) is 0.346. The van der Waals surface area contributed by atoms with Crippen molar-refractivity contribution in [1.29, 1.82) is 0 Å². The Kier molecular flexibility index (Phi) is 7.15. The minimum Gasteiger partial charge on any atom is -0.479 e. The van der Waals surface area contributed by atoms with Crippen molar-refractivity contribution in [3.63, 3.8) is 0 Å². The second-order valence-electron chi connectivity index (χ2n) is 7.23. The molecule has 0 aliphatic rings. The summed E-state index contributed by atoms with van der Waals surface area (Å²) in [6.07, 6.45) is 1.28. The van der Waals surface area contributed by atoms with Crippen LogP contribution in [0.4, 0.5) is 0 Å². The zero-order chi connectivity index (χ0) is 21.7. The molecule has 0 fully saturated rings. The molecular weight excluding hydrogens is 452 g/mol. The Bertz CT molecular complexity index is 1090. The molecule has 1 aromatic heterocycles. The van der Waals surface area contributed by atoms with Crippen molar-refractivity contribution < 1.29 is 23.4 Å². The summed E-state index contributed by atoms with van der Waals surface area (Å²) in [6.45, 7) is 6.10. The Morgan fingerprint density at radius 2 is 1.87 bits per heavy atom. The molecule has 0 saturated carbocycles. The highest BCUT2D eigenvalue weighted by Crippen LogP contribution is 2.29. The zero-order valence-corrected chi connectivity index (χ0v) is 18.6. The van der Waals surface area contributed by atoms with Crippen LogP contribution in [0.3, 0.4) is 0 Å². The van der Waals surface area contributed by atoms with E-state index in [2.05, 4.69) is 29.8 Å². The van der Waals surface area contributed by atoms with Gasteiger partial charge in [-0.3, -0.25) is 4.79 Å². The van der Waals surface area contributed by atoms with Crippen molar-refractivity contribution in [2.75, 3.05) is 6.61 Å². The van der Waals surface area contributed by atoms with Gasteiger partial charge in [0.25, 0.3) is 0 Å². The first-order valence-electron chi connectivity index (χ1n) is 9.66. The van der Waals surface area contributed by atoms with Gasteiger partial charge in [-0.05, 0) is 59.5 Å². The number of carbonyl (C=O) groups excluding carboxylic acids is 1. The number of fused-ring (bicyclic) bond motifs is 1. The van der Waals surface area contributed by atoms with E-state index in [0.717, 1.165) is 10.9 Å². The fourth-order valence-corrected chi connectivity index (χ4v) is 3.01. The van der Waals surface area contributed by atoms with Gasteiger partial charge in [-0.25, -0.2) is 4.79 Å². The normalized spacial score (nSPS) is 12.0. The molecule has 0 N–H and O–H groups in total. The SMILES string of the molecule is CC(C)CCOC(=O)C(C)Oc1ccc2c(=O)c(Oc3ccccc3Br)coc2c1. The Balaban J connectivity index is 1.73. The number of esters is 1. The number of hydrogen-bond acceptors (Lipinski definition) is 6. The lowest BCUT2D eigenvalue weighted by atomic mass is 10.1. The minimum atomic E-state index is -0.778. The Morgan fingerprint density at radius 1 is 1.10 bits per heavy atom. The highest BCUT2D eigenvalue weighted by atomic mass is 79.9. The average Bonchev–Trinajstić information content (AvgIpc) is 2.71. The van der Waals surface area contributed by atoms with E-state index in [9.17, 15) is 9.59 Å². The van der Waals surface area contributed by atoms with Gasteiger partial charge in [0.2, 0.25) is 11.2 Å². The molecule has 0 aliphatic carbocycles. The molecule has 0 spiro atoms. The molecule has 158 valence electrons. The van der Waals surface area contributed by atoms with Gasteiger partial charge < -0.3 is 18.6 Å². The number of hydrogen-bond donors (Lipinski definition) is 0. The van der Waals surface area contributed by atoms with Gasteiger partial charge >= 0.3 is 5.97 Å². The first-order valence-corrected chi connectivity index (χ1v) is 10.5. The number of ether oxygens (including phenoxy) is 3. The van der Waals surface area contributed by atoms with Crippen LogP contribution in [0.2, 0.25) is 0 Å². The average molecular weight is 475 g/mol. The van der Waals surface area contributed by atoms with Crippen molar-refractivity contribution in [2.45, 2.75) is 33.3 Å². The molecule has 7 heteroatoms. The lowest BCUT2D eigenvalue weighted by Crippen LogP contribution is -2.26. The van der Waals surface area contributed by atoms with E-state index in [4.69, 9.17) is 18.6 Å². The van der Waals surface area contributed by atoms with E-state index in [-0.39, 0.29) is 11.2 Å². The van der Waals surface area contributed by atoms with Crippen LogP contribution in [0.5, 0.6) is 17.2 Å². The van der Waals surface area contributed by atoms with Crippen molar-refractivity contribution in [1.82, 2.24) is 0 Å². The lowest BCUT2D eigenvalue weighted by molar-refractivity contribution is -0.151. The first kappa shape index (κ1) is 21.9. The molecule has 0 saturated heterocycles. The van der Waals surface area contributed by atoms with Crippen LogP contribution >= 0.6 is 15.9 Å². The molecule has 0 bridgehead atoms. The van der Waals surface area contributed by atoms with E-state index in [0.29, 0.717) is 35.0 Å². The smallest absolute Gasteiger partial charge is 0.347 e. The van der Waals surface area contributed by atoms with E-state index in [1.807, 2.05) is 12.1 Å². The van der Waals surface area contributed by atoms with Crippen molar-refractivity contribution >= 4 is 32.9 Å². The van der Waals surface area contributed by atoms with Crippen LogP contribution in [0.25, 0.3) is 11.0 Å². The maximum absolute atomic E-state index is 12.7. The van der Waals surface area contributed by atoms with Crippen LogP contribution in [-0.4, -0.2) is 18.7 Å². The van der Waals surface area contributed by atoms with E-state index in [1.54, 1.807) is 37.3 Å². The molecule has 30 heavy (non-hydrogen) atoms. The highest BCUT2D eigenvalue weighted by Gasteiger charge is 2.18. The number of benzene rings is 2. The fourth-order valence-electron chi connectivity index (χ4n) is 2.65. The van der Waals surface area contributed by atoms with E-state index < -0.39 is 12.1 Å². The topological polar surface area (TPSA) is 75.0 Å². The first-order chi connectivity index (χ1) is 14.3. The number of para-hydroxylation sites is 1. The van der Waals surface area contributed by atoms with E-state index >= 15 is 0 Å². The molecule has 1 atom stereocenters. The molecule has 3 aromatic rings. The van der Waals surface area contributed by atoms with E-state index in [1.165, 1.54) is 6.26 Å². The van der Waals surface area contributed by atoms with Crippen molar-refractivity contribution in [3.8, 4) is 17.2 Å². The second-order valence-corrected chi connectivity index (χ2v) is 8.08. The van der Waals surface area contributed by atoms with Crippen LogP contribution in [0.1, 0.15) is 27.2 Å². The van der Waals surface area contributed by atoms with Gasteiger partial charge in [0.1, 0.15) is 23.3 Å². The quantitative estimate of drug-likeness (QED) is 0.389. The van der Waals surface area contributed by atoms with Crippen LogP contribution in [-0.2, 0) is 9.53 Å². The monoisotopic (exact) mass is 474 g/mol. The summed E-state index contributed by atoms with van der Waals surface area (Å²) < 4.78 is 22.8. The molecule has 0 radical (unpaired) electrons. The molecule has 0 aliphatic heterocycles. The summed E-state index contributed by atoms with van der Waals surface area (Å²) in [7, 11) is 0. The van der Waals surface area contributed by atoms with Gasteiger partial charge in [0.05, 0.1) is 16.5 Å². The van der Waals surface area contributed by atoms with Gasteiger partial charge in [0.15, 0.2) is 6.10 Å². The molecule has 2 aromatic carbocycles. The Morgan fingerprint density at radius 3 is 2.60 bits per heavy atom. The number of carbonyl (C=O) groups is 1. The predicted molar refractivity (Wildman–Crippen MR) is 117 cm³/mol. The number of halogens is 1. The van der Waals surface area contributed by atoms with Gasteiger partial charge in [-0.15, -0.1) is 0 Å². The third-order valence-electron chi connectivity index (χ3n) is 4.36. The van der Waals surface area contributed by atoms with Gasteiger partial charge in [0, 0.05) is 6.07 Å². The Labute approximate surface area is 182 Å². The van der Waals surface area contributed by atoms with Crippen LogP contribution in [0.15, 0.2) is 62.4 Å². The second kappa shape index (κ2) is 9.80. The molecule has 0 amide bonds. The summed E-state index contributed by atoms with van der Waals surface area (Å²) >= 11 is 3.38. The van der Waals surface area contributed by atoms with Crippen LogP contribution < -0.4 is 14.9 Å². The summed E-state index contributed by atoms with van der Waals surface area (Å²) in [6, 6.07) is 12.0.